The number of aromatic nitrogens is 1. The zero-order chi connectivity index (χ0) is 27.4. The van der Waals surface area contributed by atoms with Crippen LogP contribution in [0.2, 0.25) is 15.1 Å². The van der Waals surface area contributed by atoms with E-state index in [0.29, 0.717) is 5.02 Å². The molecular formula is C27H23Cl3N4O3S. The Labute approximate surface area is 236 Å². The van der Waals surface area contributed by atoms with E-state index in [1.807, 2.05) is 42.7 Å². The fraction of sp³-hybridized carbons (Fsp3) is 0.111. The molecule has 4 rings (SSSR count). The van der Waals surface area contributed by atoms with Crippen molar-refractivity contribution in [2.75, 3.05) is 10.8 Å². The van der Waals surface area contributed by atoms with Gasteiger partial charge in [-0.05, 0) is 68.4 Å². The number of benzene rings is 3. The van der Waals surface area contributed by atoms with Crippen LogP contribution in [0.3, 0.4) is 0 Å². The van der Waals surface area contributed by atoms with Crippen LogP contribution in [0.1, 0.15) is 17.0 Å². The van der Waals surface area contributed by atoms with Gasteiger partial charge in [-0.15, -0.1) is 0 Å². The maximum absolute atomic E-state index is 13.4. The number of halogens is 3. The van der Waals surface area contributed by atoms with Gasteiger partial charge in [-0.3, -0.25) is 9.10 Å². The first-order chi connectivity index (χ1) is 18.1. The van der Waals surface area contributed by atoms with Crippen LogP contribution in [-0.4, -0.2) is 31.7 Å². The molecule has 1 aromatic heterocycles. The number of nitrogens with one attached hydrogen (secondary N) is 1. The molecule has 0 bridgehead atoms. The predicted octanol–water partition coefficient (Wildman–Crippen LogP) is 6.40. The molecular weight excluding hydrogens is 567 g/mol. The van der Waals surface area contributed by atoms with Crippen LogP contribution in [0.15, 0.2) is 88.9 Å². The number of hydrogen-bond donors (Lipinski definition) is 1. The van der Waals surface area contributed by atoms with Gasteiger partial charge in [0.25, 0.3) is 15.9 Å². The van der Waals surface area contributed by atoms with Gasteiger partial charge in [-0.1, -0.05) is 59.1 Å². The topological polar surface area (TPSA) is 83.8 Å². The van der Waals surface area contributed by atoms with E-state index < -0.39 is 22.5 Å². The van der Waals surface area contributed by atoms with Crippen LogP contribution in [-0.2, 0) is 14.8 Å². The molecule has 0 aliphatic heterocycles. The van der Waals surface area contributed by atoms with E-state index in [4.69, 9.17) is 34.8 Å². The highest BCUT2D eigenvalue weighted by Gasteiger charge is 2.27. The monoisotopic (exact) mass is 588 g/mol. The summed E-state index contributed by atoms with van der Waals surface area (Å²) in [4.78, 5) is 12.9. The van der Waals surface area contributed by atoms with E-state index in [9.17, 15) is 13.2 Å². The number of carbonyl (C=O) groups is 1. The second-order valence-electron chi connectivity index (χ2n) is 8.39. The minimum Gasteiger partial charge on any atom is -0.318 e. The lowest BCUT2D eigenvalue weighted by atomic mass is 10.2. The van der Waals surface area contributed by atoms with E-state index in [-0.39, 0.29) is 20.6 Å². The van der Waals surface area contributed by atoms with Crippen LogP contribution >= 0.6 is 34.8 Å². The normalized spacial score (nSPS) is 11.6. The summed E-state index contributed by atoms with van der Waals surface area (Å²) in [5, 5.41) is 5.15. The minimum atomic E-state index is -4.11. The maximum Gasteiger partial charge on any atom is 0.264 e. The minimum absolute atomic E-state index is 0.0147. The molecule has 0 aliphatic rings. The van der Waals surface area contributed by atoms with Crippen molar-refractivity contribution in [3.8, 4) is 5.69 Å². The summed E-state index contributed by atoms with van der Waals surface area (Å²) in [6, 6.07) is 21.5. The third-order valence-corrected chi connectivity index (χ3v) is 8.14. The molecule has 1 N–H and O–H groups in total. The molecule has 0 fully saturated rings. The number of aryl methyl sites for hydroxylation is 1. The van der Waals surface area contributed by atoms with Gasteiger partial charge in [0.1, 0.15) is 6.54 Å². The summed E-state index contributed by atoms with van der Waals surface area (Å²) in [5.74, 6) is -0.652. The molecule has 1 heterocycles. The van der Waals surface area contributed by atoms with Gasteiger partial charge in [0.2, 0.25) is 0 Å². The van der Waals surface area contributed by atoms with E-state index in [1.54, 1.807) is 24.3 Å². The Bertz CT molecular complexity index is 1600. The lowest BCUT2D eigenvalue weighted by molar-refractivity contribution is -0.119. The van der Waals surface area contributed by atoms with Gasteiger partial charge in [0.05, 0.1) is 16.8 Å². The third-order valence-electron chi connectivity index (χ3n) is 5.68. The molecule has 1 amide bonds. The predicted molar refractivity (Wildman–Crippen MR) is 153 cm³/mol. The molecule has 0 aliphatic carbocycles. The van der Waals surface area contributed by atoms with Crippen LogP contribution < -0.4 is 9.73 Å². The maximum atomic E-state index is 13.4. The van der Waals surface area contributed by atoms with E-state index in [2.05, 4.69) is 10.5 Å². The van der Waals surface area contributed by atoms with Crippen molar-refractivity contribution in [3.63, 3.8) is 0 Å². The van der Waals surface area contributed by atoms with Crippen molar-refractivity contribution >= 4 is 62.6 Å². The molecule has 4 aromatic rings. The Morgan fingerprint density at radius 2 is 1.61 bits per heavy atom. The highest BCUT2D eigenvalue weighted by Crippen LogP contribution is 2.29. The average Bonchev–Trinajstić information content (AvgIpc) is 3.15. The fourth-order valence-corrected chi connectivity index (χ4v) is 6.11. The quantitative estimate of drug-likeness (QED) is 0.191. The summed E-state index contributed by atoms with van der Waals surface area (Å²) in [6.07, 6.45) is 1.51. The molecule has 0 spiro atoms. The summed E-state index contributed by atoms with van der Waals surface area (Å²) in [6.45, 7) is 3.33. The van der Waals surface area contributed by atoms with Crippen LogP contribution in [0, 0.1) is 13.8 Å². The van der Waals surface area contributed by atoms with Crippen molar-refractivity contribution in [3.05, 3.63) is 111 Å². The number of carbonyl (C=O) groups excluding carboxylic acids is 1. The van der Waals surface area contributed by atoms with Gasteiger partial charge in [0.15, 0.2) is 0 Å². The Morgan fingerprint density at radius 3 is 2.26 bits per heavy atom. The molecule has 11 heteroatoms. The molecule has 196 valence electrons. The standard InChI is InChI=1S/C27H23Cl3N4O3S/c1-18-11-20(19(2)34(18)24-8-6-7-21(28)13-24)16-31-32-27(35)17-33(25-14-22(29)12-23(30)15-25)38(36,37)26-9-4-3-5-10-26/h3-16H,17H2,1-2H3,(H,32,35)/b31-16-. The molecule has 3 aromatic carbocycles. The molecule has 7 nitrogen and oxygen atoms in total. The fourth-order valence-electron chi connectivity index (χ4n) is 3.99. The van der Waals surface area contributed by atoms with E-state index in [1.165, 1.54) is 36.5 Å². The van der Waals surface area contributed by atoms with Gasteiger partial charge in [-0.25, -0.2) is 13.8 Å². The van der Waals surface area contributed by atoms with Gasteiger partial charge < -0.3 is 4.57 Å². The summed E-state index contributed by atoms with van der Waals surface area (Å²) in [5.41, 5.74) is 6.09. The molecule has 0 atom stereocenters. The number of hydrazone groups is 1. The first-order valence-electron chi connectivity index (χ1n) is 11.4. The lowest BCUT2D eigenvalue weighted by Gasteiger charge is -2.24. The SMILES string of the molecule is Cc1cc(/C=N\NC(=O)CN(c2cc(Cl)cc(Cl)c2)S(=O)(=O)c2ccccc2)c(C)n1-c1cccc(Cl)c1. The summed E-state index contributed by atoms with van der Waals surface area (Å²) >= 11 is 18.4. The second kappa shape index (κ2) is 11.6. The van der Waals surface area contributed by atoms with Crippen molar-refractivity contribution in [2.45, 2.75) is 18.7 Å². The van der Waals surface area contributed by atoms with Gasteiger partial charge >= 0.3 is 0 Å². The van der Waals surface area contributed by atoms with Crippen molar-refractivity contribution < 1.29 is 13.2 Å². The smallest absolute Gasteiger partial charge is 0.264 e. The number of rotatable bonds is 8. The molecule has 38 heavy (non-hydrogen) atoms. The van der Waals surface area contributed by atoms with Crippen molar-refractivity contribution in [1.29, 1.82) is 0 Å². The average molecular weight is 590 g/mol. The summed E-state index contributed by atoms with van der Waals surface area (Å²) in [7, 11) is -4.11. The van der Waals surface area contributed by atoms with Crippen LogP contribution in [0.5, 0.6) is 0 Å². The Kier molecular flexibility index (Phi) is 8.47. The zero-order valence-corrected chi connectivity index (χ0v) is 23.5. The molecule has 0 saturated carbocycles. The second-order valence-corrected chi connectivity index (χ2v) is 11.6. The number of sulfonamides is 1. The zero-order valence-electron chi connectivity index (χ0n) is 20.4. The van der Waals surface area contributed by atoms with Gasteiger partial charge in [0, 0.05) is 37.7 Å². The highest BCUT2D eigenvalue weighted by atomic mass is 35.5. The molecule has 0 saturated heterocycles. The largest absolute Gasteiger partial charge is 0.318 e. The Morgan fingerprint density at radius 1 is 0.921 bits per heavy atom. The molecule has 0 unspecified atom stereocenters. The van der Waals surface area contributed by atoms with Crippen LogP contribution in [0.25, 0.3) is 5.69 Å². The first kappa shape index (κ1) is 27.7. The Hall–Kier alpha value is -3.30. The highest BCUT2D eigenvalue weighted by molar-refractivity contribution is 7.92. The molecule has 0 radical (unpaired) electrons. The number of amides is 1. The Balaban J connectivity index is 1.57. The van der Waals surface area contributed by atoms with Crippen LogP contribution in [0.4, 0.5) is 5.69 Å². The first-order valence-corrected chi connectivity index (χ1v) is 13.9. The van der Waals surface area contributed by atoms with Gasteiger partial charge in [-0.2, -0.15) is 5.10 Å². The number of nitrogens with zero attached hydrogens (tertiary/aromatic N) is 3. The van der Waals surface area contributed by atoms with Crippen molar-refractivity contribution in [1.82, 2.24) is 9.99 Å². The van der Waals surface area contributed by atoms with Crippen molar-refractivity contribution in [2.24, 2.45) is 5.10 Å². The lowest BCUT2D eigenvalue weighted by Crippen LogP contribution is -2.39. The van der Waals surface area contributed by atoms with E-state index in [0.717, 1.165) is 26.9 Å². The third kappa shape index (κ3) is 6.22. The number of hydrogen-bond acceptors (Lipinski definition) is 4. The van der Waals surface area contributed by atoms with E-state index >= 15 is 0 Å². The summed E-state index contributed by atoms with van der Waals surface area (Å²) < 4.78 is 29.8. The number of anilines is 1.